The van der Waals surface area contributed by atoms with Gasteiger partial charge in [0.15, 0.2) is 0 Å². The fraction of sp³-hybridized carbons (Fsp3) is 0.250. The molecule has 0 saturated carbocycles. The zero-order valence-electron chi connectivity index (χ0n) is 9.68. The fourth-order valence-corrected chi connectivity index (χ4v) is 1.98. The molecule has 90 valence electrons. The topological polar surface area (TPSA) is 36.3 Å². The van der Waals surface area contributed by atoms with Crippen LogP contribution in [0.25, 0.3) is 0 Å². The van der Waals surface area contributed by atoms with E-state index in [0.717, 1.165) is 16.9 Å². The van der Waals surface area contributed by atoms with Crippen LogP contribution in [0, 0.1) is 0 Å². The predicted molar refractivity (Wildman–Crippen MR) is 68.7 cm³/mol. The summed E-state index contributed by atoms with van der Waals surface area (Å²) >= 11 is 3.41. The third-order valence-electron chi connectivity index (χ3n) is 2.34. The van der Waals surface area contributed by atoms with E-state index in [1.54, 1.807) is 13.3 Å². The molecule has 17 heavy (non-hydrogen) atoms. The van der Waals surface area contributed by atoms with Crippen molar-refractivity contribution in [1.29, 1.82) is 0 Å². The highest BCUT2D eigenvalue weighted by atomic mass is 79.9. The fourth-order valence-electron chi connectivity index (χ4n) is 1.48. The van der Waals surface area contributed by atoms with Crippen LogP contribution in [0.3, 0.4) is 0 Å². The van der Waals surface area contributed by atoms with Crippen molar-refractivity contribution in [2.75, 3.05) is 7.11 Å². The number of aromatic nitrogens is 2. The Hall–Kier alpha value is -1.49. The van der Waals surface area contributed by atoms with Gasteiger partial charge in [0.2, 0.25) is 0 Å². The molecular weight excluding hydrogens is 284 g/mol. The van der Waals surface area contributed by atoms with Gasteiger partial charge in [-0.3, -0.25) is 4.57 Å². The van der Waals surface area contributed by atoms with E-state index in [0.29, 0.717) is 11.8 Å². The number of halogens is 1. The molecule has 0 unspecified atom stereocenters. The number of benzene rings is 1. The summed E-state index contributed by atoms with van der Waals surface area (Å²) in [5, 5.41) is 0. The molecule has 0 atom stereocenters. The second-order valence-electron chi connectivity index (χ2n) is 3.39. The van der Waals surface area contributed by atoms with Gasteiger partial charge in [0.1, 0.15) is 16.1 Å². The Kier molecular flexibility index (Phi) is 3.68. The molecular formula is C12H13BrN2O2. The summed E-state index contributed by atoms with van der Waals surface area (Å²) in [5.74, 6) is 1.47. The molecule has 4 nitrogen and oxygen atoms in total. The van der Waals surface area contributed by atoms with E-state index in [4.69, 9.17) is 9.47 Å². The number of nitrogens with zero attached hydrogens (tertiary/aromatic N) is 2. The average molecular weight is 297 g/mol. The van der Waals surface area contributed by atoms with Crippen LogP contribution in [0.15, 0.2) is 35.1 Å². The first-order valence-corrected chi connectivity index (χ1v) is 6.06. The Bertz CT molecular complexity index is 511. The van der Waals surface area contributed by atoms with Gasteiger partial charge in [-0.05, 0) is 35.0 Å². The third kappa shape index (κ3) is 2.61. The maximum absolute atomic E-state index is 5.71. The van der Waals surface area contributed by atoms with Crippen molar-refractivity contribution in [3.63, 3.8) is 0 Å². The summed E-state index contributed by atoms with van der Waals surface area (Å²) in [6.07, 6.45) is 1.72. The molecule has 1 heterocycles. The lowest BCUT2D eigenvalue weighted by Crippen LogP contribution is -1.98. The van der Waals surface area contributed by atoms with Crippen LogP contribution in [-0.2, 0) is 6.54 Å². The van der Waals surface area contributed by atoms with Crippen LogP contribution in [0.4, 0.5) is 0 Å². The van der Waals surface area contributed by atoms with Crippen LogP contribution in [-0.4, -0.2) is 16.7 Å². The Labute approximate surface area is 108 Å². The summed E-state index contributed by atoms with van der Waals surface area (Å²) in [4.78, 5) is 4.19. The maximum atomic E-state index is 5.71. The van der Waals surface area contributed by atoms with Crippen LogP contribution < -0.4 is 9.47 Å². The molecule has 2 aromatic rings. The molecule has 0 aliphatic heterocycles. The highest BCUT2D eigenvalue weighted by molar-refractivity contribution is 9.10. The number of hydrogen-bond donors (Lipinski definition) is 0. The highest BCUT2D eigenvalue weighted by Gasteiger charge is 2.08. The van der Waals surface area contributed by atoms with Gasteiger partial charge in [0.25, 0.3) is 0 Å². The van der Waals surface area contributed by atoms with Crippen LogP contribution in [0.2, 0.25) is 0 Å². The van der Waals surface area contributed by atoms with Crippen molar-refractivity contribution >= 4 is 15.9 Å². The number of rotatable bonds is 4. The van der Waals surface area contributed by atoms with Crippen molar-refractivity contribution in [3.8, 4) is 17.5 Å². The summed E-state index contributed by atoms with van der Waals surface area (Å²) in [6.45, 7) is 2.82. The van der Waals surface area contributed by atoms with E-state index in [1.807, 2.05) is 35.8 Å². The largest absolute Gasteiger partial charge is 0.497 e. The SMILES string of the molecule is CCn1c(Br)cnc1Oc1cccc(OC)c1. The van der Waals surface area contributed by atoms with Crippen molar-refractivity contribution < 1.29 is 9.47 Å². The first kappa shape index (κ1) is 12.0. The lowest BCUT2D eigenvalue weighted by atomic mass is 10.3. The summed E-state index contributed by atoms with van der Waals surface area (Å²) in [7, 11) is 1.63. The molecule has 1 aromatic carbocycles. The third-order valence-corrected chi connectivity index (χ3v) is 2.97. The number of hydrogen-bond acceptors (Lipinski definition) is 3. The van der Waals surface area contributed by atoms with E-state index < -0.39 is 0 Å². The average Bonchev–Trinajstić information content (AvgIpc) is 2.70. The Morgan fingerprint density at radius 1 is 1.35 bits per heavy atom. The molecule has 0 amide bonds. The van der Waals surface area contributed by atoms with Crippen molar-refractivity contribution in [2.45, 2.75) is 13.5 Å². The second-order valence-corrected chi connectivity index (χ2v) is 4.20. The molecule has 0 radical (unpaired) electrons. The van der Waals surface area contributed by atoms with Crippen molar-refractivity contribution in [3.05, 3.63) is 35.1 Å². The minimum atomic E-state index is 0.563. The van der Waals surface area contributed by atoms with Crippen LogP contribution in [0.5, 0.6) is 17.5 Å². The van der Waals surface area contributed by atoms with Gasteiger partial charge in [0.05, 0.1) is 13.3 Å². The number of methoxy groups -OCH3 is 1. The Balaban J connectivity index is 2.24. The molecule has 0 spiro atoms. The second kappa shape index (κ2) is 5.23. The summed E-state index contributed by atoms with van der Waals surface area (Å²) in [5.41, 5.74) is 0. The minimum absolute atomic E-state index is 0.563. The normalized spacial score (nSPS) is 10.3. The predicted octanol–water partition coefficient (Wildman–Crippen LogP) is 3.47. The summed E-state index contributed by atoms with van der Waals surface area (Å²) in [6, 6.07) is 8.00. The smallest absolute Gasteiger partial charge is 0.302 e. The van der Waals surface area contributed by atoms with E-state index in [1.165, 1.54) is 0 Å². The zero-order valence-corrected chi connectivity index (χ0v) is 11.3. The number of ether oxygens (including phenoxy) is 2. The highest BCUT2D eigenvalue weighted by Crippen LogP contribution is 2.26. The van der Waals surface area contributed by atoms with E-state index in [2.05, 4.69) is 20.9 Å². The number of imidazole rings is 1. The standard InChI is InChI=1S/C12H13BrN2O2/c1-3-15-11(13)8-14-12(15)17-10-6-4-5-9(7-10)16-2/h4-8H,3H2,1-2H3. The quantitative estimate of drug-likeness (QED) is 0.867. The van der Waals surface area contributed by atoms with E-state index >= 15 is 0 Å². The van der Waals surface area contributed by atoms with Crippen LogP contribution >= 0.6 is 15.9 Å². The molecule has 5 heteroatoms. The van der Waals surface area contributed by atoms with E-state index in [-0.39, 0.29) is 0 Å². The van der Waals surface area contributed by atoms with Crippen molar-refractivity contribution in [2.24, 2.45) is 0 Å². The van der Waals surface area contributed by atoms with Crippen molar-refractivity contribution in [1.82, 2.24) is 9.55 Å². The molecule has 0 saturated heterocycles. The molecule has 0 bridgehead atoms. The summed E-state index contributed by atoms with van der Waals surface area (Å²) < 4.78 is 13.7. The molecule has 0 aliphatic carbocycles. The first-order chi connectivity index (χ1) is 8.24. The molecule has 0 aliphatic rings. The molecule has 2 rings (SSSR count). The van der Waals surface area contributed by atoms with Gasteiger partial charge in [-0.2, -0.15) is 0 Å². The Morgan fingerprint density at radius 3 is 2.82 bits per heavy atom. The first-order valence-electron chi connectivity index (χ1n) is 5.27. The van der Waals surface area contributed by atoms with Gasteiger partial charge in [0, 0.05) is 12.6 Å². The van der Waals surface area contributed by atoms with E-state index in [9.17, 15) is 0 Å². The van der Waals surface area contributed by atoms with Gasteiger partial charge in [-0.1, -0.05) is 6.07 Å². The van der Waals surface area contributed by atoms with Gasteiger partial charge >= 0.3 is 6.01 Å². The molecule has 0 N–H and O–H groups in total. The van der Waals surface area contributed by atoms with Gasteiger partial charge in [-0.15, -0.1) is 0 Å². The van der Waals surface area contributed by atoms with Gasteiger partial charge in [-0.25, -0.2) is 4.98 Å². The Morgan fingerprint density at radius 2 is 2.12 bits per heavy atom. The van der Waals surface area contributed by atoms with Gasteiger partial charge < -0.3 is 9.47 Å². The maximum Gasteiger partial charge on any atom is 0.302 e. The minimum Gasteiger partial charge on any atom is -0.497 e. The van der Waals surface area contributed by atoms with Crippen LogP contribution in [0.1, 0.15) is 6.92 Å². The molecule has 0 fully saturated rings. The monoisotopic (exact) mass is 296 g/mol. The lowest BCUT2D eigenvalue weighted by molar-refractivity contribution is 0.395. The lowest BCUT2D eigenvalue weighted by Gasteiger charge is -2.08. The zero-order chi connectivity index (χ0) is 12.3. The molecule has 1 aromatic heterocycles.